The van der Waals surface area contributed by atoms with Gasteiger partial charge in [0.25, 0.3) is 5.91 Å². The zero-order valence-corrected chi connectivity index (χ0v) is 10.8. The van der Waals surface area contributed by atoms with Gasteiger partial charge in [-0.3, -0.25) is 14.7 Å². The van der Waals surface area contributed by atoms with E-state index >= 15 is 0 Å². The molecule has 0 aliphatic carbocycles. The molecule has 104 valence electrons. The van der Waals surface area contributed by atoms with Gasteiger partial charge in [0.2, 0.25) is 0 Å². The van der Waals surface area contributed by atoms with Crippen molar-refractivity contribution in [2.45, 2.75) is 26.3 Å². The number of hydrogen-bond donors (Lipinski definition) is 3. The fourth-order valence-electron chi connectivity index (χ4n) is 1.57. The summed E-state index contributed by atoms with van der Waals surface area (Å²) in [5.41, 5.74) is 1.26. The number of amides is 1. The molecule has 8 heteroatoms. The number of methoxy groups -OCH3 is 1. The largest absolute Gasteiger partial charge is 0.480 e. The standard InChI is InChI=1S/C11H15N3O5/c1-5-9(6(2)14-13-5)10(16)12-7(11(17)18)4-8(15)19-3/h7H,4H2,1-3H3,(H,12,16)(H,13,14)(H,17,18)/t7-/m0/s1. The number of carboxylic acids is 1. The third-order valence-electron chi connectivity index (χ3n) is 2.56. The average molecular weight is 269 g/mol. The van der Waals surface area contributed by atoms with Gasteiger partial charge in [0.15, 0.2) is 0 Å². The minimum atomic E-state index is -1.34. The number of H-pyrrole nitrogens is 1. The maximum absolute atomic E-state index is 11.9. The Bertz CT molecular complexity index is 489. The molecule has 0 aliphatic rings. The highest BCUT2D eigenvalue weighted by molar-refractivity contribution is 5.99. The molecule has 0 spiro atoms. The summed E-state index contributed by atoms with van der Waals surface area (Å²) in [6.45, 7) is 3.26. The molecule has 0 saturated heterocycles. The van der Waals surface area contributed by atoms with Crippen molar-refractivity contribution in [1.29, 1.82) is 0 Å². The van der Waals surface area contributed by atoms with Crippen LogP contribution in [0.3, 0.4) is 0 Å². The lowest BCUT2D eigenvalue weighted by Crippen LogP contribution is -2.42. The van der Waals surface area contributed by atoms with Crippen LogP contribution in [0.1, 0.15) is 28.2 Å². The molecule has 1 aromatic rings. The van der Waals surface area contributed by atoms with Crippen molar-refractivity contribution in [3.63, 3.8) is 0 Å². The lowest BCUT2D eigenvalue weighted by Gasteiger charge is -2.13. The Morgan fingerprint density at radius 1 is 1.42 bits per heavy atom. The second-order valence-corrected chi connectivity index (χ2v) is 3.95. The van der Waals surface area contributed by atoms with Gasteiger partial charge in [0.1, 0.15) is 6.04 Å². The van der Waals surface area contributed by atoms with Crippen molar-refractivity contribution in [1.82, 2.24) is 15.5 Å². The van der Waals surface area contributed by atoms with Gasteiger partial charge in [-0.15, -0.1) is 0 Å². The highest BCUT2D eigenvalue weighted by atomic mass is 16.5. The number of nitrogens with one attached hydrogen (secondary N) is 2. The van der Waals surface area contributed by atoms with Gasteiger partial charge in [-0.2, -0.15) is 5.10 Å². The number of aromatic nitrogens is 2. The Hall–Kier alpha value is -2.38. The number of esters is 1. The first-order valence-electron chi connectivity index (χ1n) is 5.48. The van der Waals surface area contributed by atoms with E-state index in [0.717, 1.165) is 7.11 Å². The monoisotopic (exact) mass is 269 g/mol. The number of aromatic amines is 1. The fraction of sp³-hybridized carbons (Fsp3) is 0.455. The third kappa shape index (κ3) is 3.54. The SMILES string of the molecule is COC(=O)C[C@H](NC(=O)c1c(C)n[nH]c1C)C(=O)O. The molecular weight excluding hydrogens is 254 g/mol. The molecule has 0 radical (unpaired) electrons. The number of ether oxygens (including phenoxy) is 1. The molecule has 19 heavy (non-hydrogen) atoms. The number of carbonyl (C=O) groups is 3. The summed E-state index contributed by atoms with van der Waals surface area (Å²) < 4.78 is 4.38. The minimum Gasteiger partial charge on any atom is -0.480 e. The molecule has 0 bridgehead atoms. The molecule has 1 aromatic heterocycles. The molecule has 1 rings (SSSR count). The van der Waals surface area contributed by atoms with Crippen LogP contribution in [-0.4, -0.2) is 46.3 Å². The lowest BCUT2D eigenvalue weighted by atomic mass is 10.1. The molecule has 3 N–H and O–H groups in total. The van der Waals surface area contributed by atoms with Crippen LogP contribution in [0.4, 0.5) is 0 Å². The predicted molar refractivity (Wildman–Crippen MR) is 63.6 cm³/mol. The zero-order valence-electron chi connectivity index (χ0n) is 10.8. The third-order valence-corrected chi connectivity index (χ3v) is 2.56. The van der Waals surface area contributed by atoms with E-state index in [4.69, 9.17) is 5.11 Å². The number of nitrogens with zero attached hydrogens (tertiary/aromatic N) is 1. The summed E-state index contributed by atoms with van der Waals surface area (Å²) in [5.74, 6) is -2.62. The van der Waals surface area contributed by atoms with Crippen molar-refractivity contribution in [3.05, 3.63) is 17.0 Å². The van der Waals surface area contributed by atoms with Crippen molar-refractivity contribution < 1.29 is 24.2 Å². The number of aliphatic carboxylic acids is 1. The Labute approximate surface area is 109 Å². The minimum absolute atomic E-state index is 0.274. The summed E-state index contributed by atoms with van der Waals surface area (Å²) in [7, 11) is 1.15. The van der Waals surface area contributed by atoms with Gasteiger partial charge in [-0.25, -0.2) is 4.79 Å². The Kier molecular flexibility index (Phi) is 4.62. The maximum atomic E-state index is 11.9. The van der Waals surface area contributed by atoms with Crippen LogP contribution in [-0.2, 0) is 14.3 Å². The summed E-state index contributed by atoms with van der Waals surface area (Å²) in [6, 6.07) is -1.34. The summed E-state index contributed by atoms with van der Waals surface area (Å²) in [4.78, 5) is 34.0. The lowest BCUT2D eigenvalue weighted by molar-refractivity contribution is -0.147. The molecule has 8 nitrogen and oxygen atoms in total. The van der Waals surface area contributed by atoms with E-state index in [-0.39, 0.29) is 5.56 Å². The fourth-order valence-corrected chi connectivity index (χ4v) is 1.57. The maximum Gasteiger partial charge on any atom is 0.326 e. The molecule has 0 unspecified atom stereocenters. The van der Waals surface area contributed by atoms with Crippen LogP contribution in [0.15, 0.2) is 0 Å². The number of carbonyl (C=O) groups excluding carboxylic acids is 2. The van der Waals surface area contributed by atoms with Crippen molar-refractivity contribution in [3.8, 4) is 0 Å². The van der Waals surface area contributed by atoms with Crippen LogP contribution < -0.4 is 5.32 Å². The van der Waals surface area contributed by atoms with Crippen molar-refractivity contribution in [2.24, 2.45) is 0 Å². The van der Waals surface area contributed by atoms with Crippen LogP contribution >= 0.6 is 0 Å². The van der Waals surface area contributed by atoms with E-state index in [2.05, 4.69) is 20.3 Å². The molecule has 1 atom stereocenters. The highest BCUT2D eigenvalue weighted by Gasteiger charge is 2.26. The van der Waals surface area contributed by atoms with Gasteiger partial charge in [0, 0.05) is 5.69 Å². The van der Waals surface area contributed by atoms with Crippen LogP contribution in [0, 0.1) is 13.8 Å². The predicted octanol–water partition coefficient (Wildman–Crippen LogP) is -0.227. The normalized spacial score (nSPS) is 11.7. The molecule has 0 aromatic carbocycles. The van der Waals surface area contributed by atoms with Gasteiger partial charge in [-0.05, 0) is 13.8 Å². The first-order valence-corrected chi connectivity index (χ1v) is 5.48. The summed E-state index contributed by atoms with van der Waals surface area (Å²) in [5, 5.41) is 17.7. The summed E-state index contributed by atoms with van der Waals surface area (Å²) in [6.07, 6.45) is -0.437. The van der Waals surface area contributed by atoms with Crippen LogP contribution in [0.2, 0.25) is 0 Å². The Morgan fingerprint density at radius 3 is 2.47 bits per heavy atom. The molecule has 0 saturated carbocycles. The van der Waals surface area contributed by atoms with E-state index in [1.54, 1.807) is 13.8 Å². The molecule has 0 fully saturated rings. The second-order valence-electron chi connectivity index (χ2n) is 3.95. The molecule has 1 heterocycles. The van der Waals surface area contributed by atoms with E-state index in [1.165, 1.54) is 0 Å². The van der Waals surface area contributed by atoms with Crippen molar-refractivity contribution >= 4 is 17.8 Å². The highest BCUT2D eigenvalue weighted by Crippen LogP contribution is 2.09. The topological polar surface area (TPSA) is 121 Å². The second kappa shape index (κ2) is 5.98. The van der Waals surface area contributed by atoms with E-state index in [0.29, 0.717) is 11.4 Å². The number of rotatable bonds is 5. The van der Waals surface area contributed by atoms with E-state index in [9.17, 15) is 14.4 Å². The number of aryl methyl sites for hydroxylation is 2. The number of hydrogen-bond acceptors (Lipinski definition) is 5. The van der Waals surface area contributed by atoms with Crippen LogP contribution in [0.25, 0.3) is 0 Å². The average Bonchev–Trinajstić information content (AvgIpc) is 2.67. The molecule has 1 amide bonds. The quantitative estimate of drug-likeness (QED) is 0.635. The Balaban J connectivity index is 2.83. The summed E-state index contributed by atoms with van der Waals surface area (Å²) >= 11 is 0. The molecule has 0 aliphatic heterocycles. The van der Waals surface area contributed by atoms with Crippen LogP contribution in [0.5, 0.6) is 0 Å². The first-order chi connectivity index (χ1) is 8.86. The Morgan fingerprint density at radius 2 is 2.05 bits per heavy atom. The van der Waals surface area contributed by atoms with E-state index < -0.39 is 30.3 Å². The van der Waals surface area contributed by atoms with E-state index in [1.807, 2.05) is 0 Å². The smallest absolute Gasteiger partial charge is 0.326 e. The molecular formula is C11H15N3O5. The van der Waals surface area contributed by atoms with Gasteiger partial charge in [-0.1, -0.05) is 0 Å². The van der Waals surface area contributed by atoms with Gasteiger partial charge < -0.3 is 15.2 Å². The zero-order chi connectivity index (χ0) is 14.6. The van der Waals surface area contributed by atoms with Gasteiger partial charge >= 0.3 is 11.9 Å². The van der Waals surface area contributed by atoms with Crippen molar-refractivity contribution in [2.75, 3.05) is 7.11 Å². The first kappa shape index (κ1) is 14.7. The number of carboxylic acid groups (broad SMARTS) is 1. The van der Waals surface area contributed by atoms with Gasteiger partial charge in [0.05, 0.1) is 24.8 Å².